The molecule has 0 amide bonds. The Kier molecular flexibility index (Phi) is 2.91. The molecule has 0 rings (SSSR count). The lowest BCUT2D eigenvalue weighted by molar-refractivity contribution is -0.110. The van der Waals surface area contributed by atoms with E-state index in [9.17, 15) is 0 Å². The van der Waals surface area contributed by atoms with E-state index < -0.39 is 0 Å². The van der Waals surface area contributed by atoms with Crippen LogP contribution in [0.25, 0.3) is 5.84 Å². The van der Waals surface area contributed by atoms with Crippen LogP contribution >= 0.6 is 0 Å². The number of nitrogens with one attached hydrogen (secondary N) is 1. The first-order chi connectivity index (χ1) is 3.18. The summed E-state index contributed by atoms with van der Waals surface area (Å²) in [4.78, 5) is 4.51. The van der Waals surface area contributed by atoms with Crippen molar-refractivity contribution in [3.63, 3.8) is 0 Å². The molecule has 0 aliphatic rings. The van der Waals surface area contributed by atoms with E-state index in [0.717, 1.165) is 5.17 Å². The third kappa shape index (κ3) is 2.56. The second kappa shape index (κ2) is 2.96. The van der Waals surface area contributed by atoms with Gasteiger partial charge < -0.3 is 10.7 Å². The fourth-order valence-corrected chi connectivity index (χ4v) is 0.211. The third-order valence-electron chi connectivity index (χ3n) is 0.666. The molecule has 0 radical (unpaired) electrons. The predicted octanol–water partition coefficient (Wildman–Crippen LogP) is 1.23. The van der Waals surface area contributed by atoms with Gasteiger partial charge in [0.05, 0.1) is 7.11 Å². The molecule has 0 fully saturated rings. The topological polar surface area (TPSA) is 36.3 Å². The maximum absolute atomic E-state index is 6.89. The number of hydrogen-bond donors (Lipinski definition) is 0. The Morgan fingerprint density at radius 2 is 2.00 bits per heavy atom. The summed E-state index contributed by atoms with van der Waals surface area (Å²) in [5, 5.41) is 1.04. The minimum absolute atomic E-state index is 0.144. The number of hydrogen-bond acceptors (Lipinski definition) is 2. The highest BCUT2D eigenvalue weighted by Gasteiger charge is 1.89. The normalized spacial score (nSPS) is 11.1. The molecule has 0 aromatic carbocycles. The number of hydroxylamine groups is 1. The van der Waals surface area contributed by atoms with E-state index in [2.05, 4.69) is 4.84 Å². The minimum Gasteiger partial charge on any atom is -0.584 e. The SMILES string of the molecule is CON([NH-])C(C)C. The van der Waals surface area contributed by atoms with Crippen LogP contribution in [0.3, 0.4) is 0 Å². The van der Waals surface area contributed by atoms with Crippen LogP contribution in [0.5, 0.6) is 0 Å². The van der Waals surface area contributed by atoms with Crippen molar-refractivity contribution >= 4 is 0 Å². The van der Waals surface area contributed by atoms with Gasteiger partial charge >= 0.3 is 0 Å². The van der Waals surface area contributed by atoms with Gasteiger partial charge in [-0.25, -0.2) is 0 Å². The molecule has 0 atom stereocenters. The van der Waals surface area contributed by atoms with Crippen molar-refractivity contribution in [3.05, 3.63) is 5.84 Å². The molecule has 0 unspecified atom stereocenters. The molecule has 3 heteroatoms. The highest BCUT2D eigenvalue weighted by molar-refractivity contribution is 4.47. The minimum atomic E-state index is 0.144. The van der Waals surface area contributed by atoms with Crippen LogP contribution in [0.2, 0.25) is 0 Å². The standard InChI is InChI=1S/C4H11N2O/c1-4(2)6(5)7-3/h4-5H,1-3H3/q-1. The van der Waals surface area contributed by atoms with Gasteiger partial charge in [0.15, 0.2) is 0 Å². The van der Waals surface area contributed by atoms with Gasteiger partial charge in [-0.15, -0.1) is 0 Å². The zero-order valence-corrected chi connectivity index (χ0v) is 4.93. The van der Waals surface area contributed by atoms with Crippen molar-refractivity contribution < 1.29 is 4.84 Å². The lowest BCUT2D eigenvalue weighted by Crippen LogP contribution is -2.20. The summed E-state index contributed by atoms with van der Waals surface area (Å²) in [5.41, 5.74) is 0. The molecule has 0 spiro atoms. The summed E-state index contributed by atoms with van der Waals surface area (Å²) in [7, 11) is 1.48. The molecular weight excluding hydrogens is 92.1 g/mol. The van der Waals surface area contributed by atoms with E-state index in [1.54, 1.807) is 0 Å². The molecule has 0 aliphatic heterocycles. The lowest BCUT2D eigenvalue weighted by Gasteiger charge is -2.27. The Balaban J connectivity index is 3.14. The second-order valence-corrected chi connectivity index (χ2v) is 1.60. The zero-order chi connectivity index (χ0) is 5.86. The zero-order valence-electron chi connectivity index (χ0n) is 4.93. The molecule has 0 heterocycles. The summed E-state index contributed by atoms with van der Waals surface area (Å²) in [6, 6.07) is 0.144. The second-order valence-electron chi connectivity index (χ2n) is 1.60. The van der Waals surface area contributed by atoms with E-state index >= 15 is 0 Å². The van der Waals surface area contributed by atoms with Crippen LogP contribution in [-0.2, 0) is 4.84 Å². The summed E-state index contributed by atoms with van der Waals surface area (Å²) in [6.07, 6.45) is 0. The van der Waals surface area contributed by atoms with Crippen LogP contribution in [0.4, 0.5) is 0 Å². The lowest BCUT2D eigenvalue weighted by atomic mass is 10.4. The molecule has 44 valence electrons. The van der Waals surface area contributed by atoms with Crippen LogP contribution in [0.1, 0.15) is 13.8 Å². The van der Waals surface area contributed by atoms with E-state index in [0.29, 0.717) is 0 Å². The van der Waals surface area contributed by atoms with Crippen LogP contribution in [0, 0.1) is 0 Å². The Morgan fingerprint density at radius 1 is 1.57 bits per heavy atom. The van der Waals surface area contributed by atoms with Gasteiger partial charge in [0.2, 0.25) is 0 Å². The van der Waals surface area contributed by atoms with Crippen molar-refractivity contribution in [2.75, 3.05) is 7.11 Å². The van der Waals surface area contributed by atoms with Crippen LogP contribution < -0.4 is 0 Å². The summed E-state index contributed by atoms with van der Waals surface area (Å²) >= 11 is 0. The molecule has 1 N–H and O–H groups in total. The van der Waals surface area contributed by atoms with Gasteiger partial charge in [0.25, 0.3) is 0 Å². The van der Waals surface area contributed by atoms with Crippen LogP contribution in [-0.4, -0.2) is 18.3 Å². The van der Waals surface area contributed by atoms with Crippen molar-refractivity contribution in [2.45, 2.75) is 19.9 Å². The van der Waals surface area contributed by atoms with Crippen molar-refractivity contribution in [1.82, 2.24) is 5.17 Å². The molecule has 0 saturated heterocycles. The molecule has 0 aromatic rings. The highest BCUT2D eigenvalue weighted by Crippen LogP contribution is 1.93. The van der Waals surface area contributed by atoms with Crippen LogP contribution in [0.15, 0.2) is 0 Å². The van der Waals surface area contributed by atoms with Gasteiger partial charge in [-0.1, -0.05) is 0 Å². The monoisotopic (exact) mass is 103 g/mol. The van der Waals surface area contributed by atoms with E-state index in [1.807, 2.05) is 13.8 Å². The first kappa shape index (κ1) is 6.88. The van der Waals surface area contributed by atoms with Gasteiger partial charge in [-0.2, -0.15) is 0 Å². The first-order valence-corrected chi connectivity index (χ1v) is 2.23. The summed E-state index contributed by atoms with van der Waals surface area (Å²) in [5.74, 6) is 6.89. The molecule has 0 aromatic heterocycles. The maximum Gasteiger partial charge on any atom is 0.0555 e. The molecule has 3 nitrogen and oxygen atoms in total. The largest absolute Gasteiger partial charge is 0.584 e. The van der Waals surface area contributed by atoms with E-state index in [-0.39, 0.29) is 6.04 Å². The summed E-state index contributed by atoms with van der Waals surface area (Å²) < 4.78 is 0. The van der Waals surface area contributed by atoms with Crippen molar-refractivity contribution in [2.24, 2.45) is 0 Å². The summed E-state index contributed by atoms with van der Waals surface area (Å²) in [6.45, 7) is 3.77. The fourth-order valence-electron chi connectivity index (χ4n) is 0.211. The quantitative estimate of drug-likeness (QED) is 0.493. The molecule has 0 bridgehead atoms. The van der Waals surface area contributed by atoms with Gasteiger partial charge in [0, 0.05) is 6.04 Å². The first-order valence-electron chi connectivity index (χ1n) is 2.23. The fraction of sp³-hybridized carbons (Fsp3) is 1.00. The van der Waals surface area contributed by atoms with Gasteiger partial charge in [-0.3, -0.25) is 5.17 Å². The van der Waals surface area contributed by atoms with E-state index in [1.165, 1.54) is 7.11 Å². The average Bonchev–Trinajstić information content (AvgIpc) is 1.65. The average molecular weight is 103 g/mol. The third-order valence-corrected chi connectivity index (χ3v) is 0.666. The number of nitrogens with zero attached hydrogens (tertiary/aromatic N) is 1. The van der Waals surface area contributed by atoms with Crippen molar-refractivity contribution in [1.29, 1.82) is 0 Å². The van der Waals surface area contributed by atoms with Gasteiger partial charge in [-0.05, 0) is 13.8 Å². The Labute approximate surface area is 44.0 Å². The Bertz CT molecular complexity index is 47.0. The molecule has 0 aliphatic carbocycles. The predicted molar refractivity (Wildman–Crippen MR) is 28.3 cm³/mol. The highest BCUT2D eigenvalue weighted by atomic mass is 16.7. The Hall–Kier alpha value is -0.120. The van der Waals surface area contributed by atoms with E-state index in [4.69, 9.17) is 5.84 Å². The Morgan fingerprint density at radius 3 is 2.00 bits per heavy atom. The molecule has 7 heavy (non-hydrogen) atoms. The smallest absolute Gasteiger partial charge is 0.0555 e. The molecule has 0 saturated carbocycles. The van der Waals surface area contributed by atoms with Gasteiger partial charge in [0.1, 0.15) is 0 Å². The molecular formula is C4H11N2O-. The van der Waals surface area contributed by atoms with Crippen molar-refractivity contribution in [3.8, 4) is 0 Å². The maximum atomic E-state index is 6.89. The number of rotatable bonds is 2.